The number of amides is 1. The molecule has 0 aliphatic rings. The molecule has 128 valence electrons. The first kappa shape index (κ1) is 17.2. The van der Waals surface area contributed by atoms with Gasteiger partial charge in [-0.2, -0.15) is 0 Å². The molecule has 0 saturated heterocycles. The predicted octanol–water partition coefficient (Wildman–Crippen LogP) is 4.37. The summed E-state index contributed by atoms with van der Waals surface area (Å²) in [6.45, 7) is 2.68. The van der Waals surface area contributed by atoms with Crippen LogP contribution in [-0.2, 0) is 13.0 Å². The Labute approximate surface area is 152 Å². The molecule has 2 aromatic carbocycles. The molecule has 1 aromatic heterocycles. The zero-order valence-electron chi connectivity index (χ0n) is 14.4. The lowest BCUT2D eigenvalue weighted by molar-refractivity contribution is 0.0777. The van der Waals surface area contributed by atoms with Crippen LogP contribution in [-0.4, -0.2) is 27.4 Å². The molecule has 0 fully saturated rings. The van der Waals surface area contributed by atoms with E-state index in [2.05, 4.69) is 36.2 Å². The monoisotopic (exact) mass is 351 g/mol. The number of carbonyl (C=O) groups is 1. The van der Waals surface area contributed by atoms with Gasteiger partial charge in [-0.1, -0.05) is 49.4 Å². The van der Waals surface area contributed by atoms with E-state index in [1.807, 2.05) is 30.3 Å². The Morgan fingerprint density at radius 2 is 1.72 bits per heavy atom. The number of rotatable bonds is 5. The lowest BCUT2D eigenvalue weighted by Crippen LogP contribution is -2.28. The summed E-state index contributed by atoms with van der Waals surface area (Å²) in [6, 6.07) is 18.0. The van der Waals surface area contributed by atoms with E-state index >= 15 is 0 Å². The molecule has 0 radical (unpaired) electrons. The Morgan fingerprint density at radius 1 is 1.08 bits per heavy atom. The number of aryl methyl sites for hydroxylation is 1. The summed E-state index contributed by atoms with van der Waals surface area (Å²) >= 11 is 5.35. The number of aromatic nitrogens is 2. The number of carbonyl (C=O) groups excluding carboxylic acids is 1. The zero-order chi connectivity index (χ0) is 17.8. The van der Waals surface area contributed by atoms with Gasteiger partial charge in [-0.15, -0.1) is 0 Å². The molecular weight excluding hydrogens is 330 g/mol. The number of para-hydroxylation sites is 1. The van der Waals surface area contributed by atoms with Gasteiger partial charge in [-0.25, -0.2) is 0 Å². The minimum atomic E-state index is -0.0734. The van der Waals surface area contributed by atoms with Gasteiger partial charge in [-0.05, 0) is 41.9 Å². The highest BCUT2D eigenvalue weighted by atomic mass is 32.1. The van der Waals surface area contributed by atoms with E-state index in [0.29, 0.717) is 17.0 Å². The van der Waals surface area contributed by atoms with Gasteiger partial charge in [0.05, 0.1) is 0 Å². The Morgan fingerprint density at radius 3 is 2.36 bits per heavy atom. The molecule has 3 aromatic rings. The van der Waals surface area contributed by atoms with Gasteiger partial charge in [0.1, 0.15) is 5.69 Å². The largest absolute Gasteiger partial charge is 0.336 e. The molecule has 0 spiro atoms. The molecule has 5 heteroatoms. The predicted molar refractivity (Wildman–Crippen MR) is 103 cm³/mol. The third-order valence-electron chi connectivity index (χ3n) is 4.21. The van der Waals surface area contributed by atoms with Crippen LogP contribution in [0.25, 0.3) is 5.69 Å². The highest BCUT2D eigenvalue weighted by Crippen LogP contribution is 2.15. The molecule has 3 rings (SSSR count). The van der Waals surface area contributed by atoms with Crippen LogP contribution in [0.3, 0.4) is 0 Å². The minimum Gasteiger partial charge on any atom is -0.336 e. The third-order valence-corrected chi connectivity index (χ3v) is 4.51. The summed E-state index contributed by atoms with van der Waals surface area (Å²) in [6.07, 6.45) is 2.69. The van der Waals surface area contributed by atoms with Gasteiger partial charge in [-0.3, -0.25) is 9.36 Å². The van der Waals surface area contributed by atoms with Crippen LogP contribution in [0.2, 0.25) is 0 Å². The first-order valence-electron chi connectivity index (χ1n) is 8.29. The van der Waals surface area contributed by atoms with Crippen LogP contribution in [0.1, 0.15) is 28.5 Å². The van der Waals surface area contributed by atoms with Crippen molar-refractivity contribution in [3.63, 3.8) is 0 Å². The molecule has 1 N–H and O–H groups in total. The topological polar surface area (TPSA) is 41.0 Å². The number of imidazole rings is 1. The zero-order valence-corrected chi connectivity index (χ0v) is 15.2. The van der Waals surface area contributed by atoms with Crippen molar-refractivity contribution in [1.82, 2.24) is 14.5 Å². The van der Waals surface area contributed by atoms with E-state index in [0.717, 1.165) is 17.7 Å². The van der Waals surface area contributed by atoms with Gasteiger partial charge in [0.15, 0.2) is 4.77 Å². The number of nitrogens with zero attached hydrogens (tertiary/aromatic N) is 2. The van der Waals surface area contributed by atoms with Gasteiger partial charge in [0, 0.05) is 25.5 Å². The number of hydrogen-bond acceptors (Lipinski definition) is 2. The van der Waals surface area contributed by atoms with E-state index in [1.54, 1.807) is 22.7 Å². The first-order chi connectivity index (χ1) is 12.1. The minimum absolute atomic E-state index is 0.0734. The lowest BCUT2D eigenvalue weighted by Gasteiger charge is -2.18. The van der Waals surface area contributed by atoms with Gasteiger partial charge < -0.3 is 9.88 Å². The molecule has 1 heterocycles. The van der Waals surface area contributed by atoms with Crippen LogP contribution in [0.4, 0.5) is 0 Å². The number of hydrogen-bond donors (Lipinski definition) is 1. The maximum absolute atomic E-state index is 12.9. The Hall–Kier alpha value is -2.66. The Bertz CT molecular complexity index is 910. The normalized spacial score (nSPS) is 10.6. The first-order valence-corrected chi connectivity index (χ1v) is 8.70. The molecule has 0 unspecified atom stereocenters. The second-order valence-electron chi connectivity index (χ2n) is 5.98. The number of H-pyrrole nitrogens is 1. The quantitative estimate of drug-likeness (QED) is 0.694. The third kappa shape index (κ3) is 3.72. The Kier molecular flexibility index (Phi) is 5.14. The van der Waals surface area contributed by atoms with E-state index in [-0.39, 0.29) is 5.91 Å². The maximum atomic E-state index is 12.9. The molecule has 0 atom stereocenters. The molecule has 0 bridgehead atoms. The van der Waals surface area contributed by atoms with Crippen LogP contribution >= 0.6 is 12.2 Å². The highest BCUT2D eigenvalue weighted by molar-refractivity contribution is 7.71. The van der Waals surface area contributed by atoms with Crippen molar-refractivity contribution in [2.24, 2.45) is 0 Å². The highest BCUT2D eigenvalue weighted by Gasteiger charge is 2.18. The SMILES string of the molecule is CCc1ccc(CN(C)C(=O)c2c[nH]c(=S)n2-c2ccccc2)cc1. The van der Waals surface area contributed by atoms with Crippen LogP contribution in [0.15, 0.2) is 60.8 Å². The molecule has 0 aliphatic heterocycles. The summed E-state index contributed by atoms with van der Waals surface area (Å²) in [5.74, 6) is -0.0734. The van der Waals surface area contributed by atoms with Crippen molar-refractivity contribution < 1.29 is 4.79 Å². The van der Waals surface area contributed by atoms with Crippen molar-refractivity contribution in [1.29, 1.82) is 0 Å². The summed E-state index contributed by atoms with van der Waals surface area (Å²) in [4.78, 5) is 17.6. The molecule has 0 saturated carbocycles. The summed E-state index contributed by atoms with van der Waals surface area (Å²) in [5, 5.41) is 0. The van der Waals surface area contributed by atoms with Gasteiger partial charge >= 0.3 is 0 Å². The van der Waals surface area contributed by atoms with Crippen molar-refractivity contribution >= 4 is 18.1 Å². The molecular formula is C20H21N3OS. The van der Waals surface area contributed by atoms with E-state index in [4.69, 9.17) is 12.2 Å². The second-order valence-corrected chi connectivity index (χ2v) is 6.37. The van der Waals surface area contributed by atoms with Crippen molar-refractivity contribution in [3.8, 4) is 5.69 Å². The lowest BCUT2D eigenvalue weighted by atomic mass is 10.1. The van der Waals surface area contributed by atoms with Crippen LogP contribution in [0, 0.1) is 4.77 Å². The maximum Gasteiger partial charge on any atom is 0.272 e. The van der Waals surface area contributed by atoms with Crippen LogP contribution < -0.4 is 0 Å². The summed E-state index contributed by atoms with van der Waals surface area (Å²) < 4.78 is 2.28. The molecule has 4 nitrogen and oxygen atoms in total. The summed E-state index contributed by atoms with van der Waals surface area (Å²) in [5.41, 5.74) is 3.80. The fourth-order valence-corrected chi connectivity index (χ4v) is 3.04. The molecule has 1 amide bonds. The fraction of sp³-hybridized carbons (Fsp3) is 0.200. The average molecular weight is 351 g/mol. The van der Waals surface area contributed by atoms with Crippen molar-refractivity contribution in [3.05, 3.63) is 82.4 Å². The average Bonchev–Trinajstić information content (AvgIpc) is 3.03. The van der Waals surface area contributed by atoms with Gasteiger partial charge in [0.25, 0.3) is 5.91 Å². The smallest absolute Gasteiger partial charge is 0.272 e. The van der Waals surface area contributed by atoms with E-state index in [1.165, 1.54) is 5.56 Å². The number of benzene rings is 2. The fourth-order valence-electron chi connectivity index (χ4n) is 2.78. The second kappa shape index (κ2) is 7.49. The van der Waals surface area contributed by atoms with E-state index in [9.17, 15) is 4.79 Å². The van der Waals surface area contributed by atoms with Crippen molar-refractivity contribution in [2.45, 2.75) is 19.9 Å². The number of aromatic amines is 1. The standard InChI is InChI=1S/C20H21N3OS/c1-3-15-9-11-16(12-10-15)14-22(2)19(24)18-13-21-20(25)23(18)17-7-5-4-6-8-17/h4-13H,3,14H2,1-2H3,(H,21,25). The molecule has 25 heavy (non-hydrogen) atoms. The molecule has 0 aliphatic carbocycles. The number of nitrogens with one attached hydrogen (secondary N) is 1. The Balaban J connectivity index is 1.84. The van der Waals surface area contributed by atoms with Crippen LogP contribution in [0.5, 0.6) is 0 Å². The van der Waals surface area contributed by atoms with Gasteiger partial charge in [0.2, 0.25) is 0 Å². The summed E-state index contributed by atoms with van der Waals surface area (Å²) in [7, 11) is 1.81. The van der Waals surface area contributed by atoms with E-state index < -0.39 is 0 Å². The van der Waals surface area contributed by atoms with Crippen molar-refractivity contribution in [2.75, 3.05) is 7.05 Å².